The van der Waals surface area contributed by atoms with Crippen LogP contribution in [-0.4, -0.2) is 41.9 Å². The molecule has 2 aromatic carbocycles. The van der Waals surface area contributed by atoms with Crippen molar-refractivity contribution in [1.82, 2.24) is 30.3 Å². The predicted octanol–water partition coefficient (Wildman–Crippen LogP) is 6.29. The first-order chi connectivity index (χ1) is 22.3. The third kappa shape index (κ3) is 5.19. The maximum absolute atomic E-state index is 15.4. The van der Waals surface area contributed by atoms with E-state index in [2.05, 4.69) is 25.6 Å². The number of nitrogens with one attached hydrogen (secondary N) is 2. The van der Waals surface area contributed by atoms with Crippen LogP contribution in [0.1, 0.15) is 63.9 Å². The van der Waals surface area contributed by atoms with E-state index in [-0.39, 0.29) is 28.8 Å². The molecule has 0 unspecified atom stereocenters. The van der Waals surface area contributed by atoms with Crippen LogP contribution in [0.3, 0.4) is 0 Å². The van der Waals surface area contributed by atoms with Gasteiger partial charge in [-0.1, -0.05) is 19.1 Å². The van der Waals surface area contributed by atoms with Crippen LogP contribution in [0.2, 0.25) is 0 Å². The molecule has 0 spiro atoms. The number of rotatable bonds is 9. The number of carbonyl (C=O) groups excluding carboxylic acids is 1. The minimum Gasteiger partial charge on any atom is -0.478 e. The Morgan fingerprint density at radius 3 is 2.53 bits per heavy atom. The van der Waals surface area contributed by atoms with Gasteiger partial charge in [0.2, 0.25) is 5.91 Å². The molecular formula is C32H24F6N6O3. The molecule has 2 aliphatic rings. The molecule has 242 valence electrons. The van der Waals surface area contributed by atoms with Gasteiger partial charge in [0.05, 0.1) is 29.0 Å². The number of hydrogen-bond acceptors (Lipinski definition) is 5. The van der Waals surface area contributed by atoms with Gasteiger partial charge in [-0.2, -0.15) is 19.0 Å². The maximum Gasteiger partial charge on any atom is 0.335 e. The highest BCUT2D eigenvalue weighted by atomic mass is 19.3. The van der Waals surface area contributed by atoms with E-state index in [1.54, 1.807) is 19.1 Å². The first-order valence-corrected chi connectivity index (χ1v) is 14.5. The first kappa shape index (κ1) is 30.4. The topological polar surface area (TPSA) is 126 Å². The Kier molecular flexibility index (Phi) is 7.09. The number of carboxylic acid groups (broad SMARTS) is 1. The van der Waals surface area contributed by atoms with Crippen LogP contribution in [0.5, 0.6) is 0 Å². The standard InChI is InChI=1S/C32H24F6N6O3/c1-13-24-25-28(30(35)36)43-44(29(25)32(37,38)26(13)24)12-23(45)40-21(7-14-5-17(33)9-18(34)6-14)27-19(10-20-22(41-27)11-39-42-20)15-3-2-4-16(8-15)31(46)47/h2-6,8-11,13,21,24,26,30H,7,12H2,1H3,(H,39,42)(H,40,45)(H,46,47)/t13-,21+,24-,26-/m1/s1. The summed E-state index contributed by atoms with van der Waals surface area (Å²) in [5.74, 6) is -9.84. The van der Waals surface area contributed by atoms with Crippen LogP contribution in [0, 0.1) is 23.5 Å². The van der Waals surface area contributed by atoms with Crippen molar-refractivity contribution in [2.75, 3.05) is 0 Å². The SMILES string of the molecule is C[C@@H]1[C@@H]2c3c(C(F)F)nn(CC(=O)N[C@@H](Cc4cc(F)cc(F)c4)c4nc5cn[nH]c5cc4-c4cccc(C(=O)O)c4)c3C(F)(F)[C@H]12. The number of aromatic amines is 1. The maximum atomic E-state index is 15.4. The number of halogens is 6. The minimum absolute atomic E-state index is 0.0541. The second-order valence-electron chi connectivity index (χ2n) is 11.9. The molecule has 15 heteroatoms. The fourth-order valence-corrected chi connectivity index (χ4v) is 6.84. The Bertz CT molecular complexity index is 2060. The predicted molar refractivity (Wildman–Crippen MR) is 154 cm³/mol. The monoisotopic (exact) mass is 654 g/mol. The molecule has 3 heterocycles. The second-order valence-corrected chi connectivity index (χ2v) is 11.9. The zero-order chi connectivity index (χ0) is 33.4. The van der Waals surface area contributed by atoms with Gasteiger partial charge in [-0.25, -0.2) is 27.3 Å². The molecule has 9 nitrogen and oxygen atoms in total. The molecule has 1 amide bonds. The number of nitrogens with zero attached hydrogens (tertiary/aromatic N) is 4. The highest BCUT2D eigenvalue weighted by Gasteiger charge is 2.71. The van der Waals surface area contributed by atoms with Gasteiger partial charge in [0.15, 0.2) is 0 Å². The number of carbonyl (C=O) groups is 2. The summed E-state index contributed by atoms with van der Waals surface area (Å²) in [5, 5.41) is 22.7. The van der Waals surface area contributed by atoms with Crippen LogP contribution in [-0.2, 0) is 23.7 Å². The average molecular weight is 655 g/mol. The Morgan fingerprint density at radius 1 is 1.09 bits per heavy atom. The van der Waals surface area contributed by atoms with Gasteiger partial charge in [-0.15, -0.1) is 0 Å². The molecule has 0 aliphatic heterocycles. The molecule has 7 rings (SSSR count). The number of aromatic nitrogens is 5. The van der Waals surface area contributed by atoms with Gasteiger partial charge in [-0.05, 0) is 53.8 Å². The molecule has 3 aromatic heterocycles. The lowest BCUT2D eigenvalue weighted by molar-refractivity contribution is -0.123. The molecular weight excluding hydrogens is 630 g/mol. The van der Waals surface area contributed by atoms with E-state index in [9.17, 15) is 32.3 Å². The Hall–Kier alpha value is -5.21. The van der Waals surface area contributed by atoms with E-state index in [0.29, 0.717) is 32.9 Å². The van der Waals surface area contributed by atoms with Gasteiger partial charge in [0, 0.05) is 29.0 Å². The van der Waals surface area contributed by atoms with Crippen molar-refractivity contribution in [2.45, 2.75) is 44.2 Å². The number of alkyl halides is 4. The third-order valence-electron chi connectivity index (χ3n) is 8.87. The van der Waals surface area contributed by atoms with Gasteiger partial charge < -0.3 is 10.4 Å². The quantitative estimate of drug-likeness (QED) is 0.161. The summed E-state index contributed by atoms with van der Waals surface area (Å²) in [6.07, 6.45) is -2.00. The summed E-state index contributed by atoms with van der Waals surface area (Å²) in [4.78, 5) is 30.0. The number of fused-ring (bicyclic) bond motifs is 4. The zero-order valence-corrected chi connectivity index (χ0v) is 24.3. The molecule has 1 fully saturated rings. The van der Waals surface area contributed by atoms with E-state index >= 15 is 8.78 Å². The number of pyridine rings is 1. The highest BCUT2D eigenvalue weighted by Crippen LogP contribution is 2.71. The van der Waals surface area contributed by atoms with Crippen molar-refractivity contribution >= 4 is 22.9 Å². The molecule has 3 N–H and O–H groups in total. The number of benzene rings is 2. The summed E-state index contributed by atoms with van der Waals surface area (Å²) < 4.78 is 87.7. The summed E-state index contributed by atoms with van der Waals surface area (Å²) in [6, 6.07) is 9.04. The normalized spacial score (nSPS) is 19.9. The van der Waals surface area contributed by atoms with Crippen LogP contribution in [0.4, 0.5) is 26.3 Å². The molecule has 0 bridgehead atoms. The van der Waals surface area contributed by atoms with Crippen molar-refractivity contribution in [3.8, 4) is 11.1 Å². The van der Waals surface area contributed by atoms with Crippen LogP contribution in [0.25, 0.3) is 22.2 Å². The largest absolute Gasteiger partial charge is 0.478 e. The molecule has 5 aromatic rings. The Morgan fingerprint density at radius 2 is 1.83 bits per heavy atom. The van der Waals surface area contributed by atoms with Crippen molar-refractivity contribution in [2.24, 2.45) is 11.8 Å². The lowest BCUT2D eigenvalue weighted by Gasteiger charge is -2.23. The molecule has 2 aliphatic carbocycles. The van der Waals surface area contributed by atoms with Crippen LogP contribution >= 0.6 is 0 Å². The van der Waals surface area contributed by atoms with Crippen molar-refractivity contribution in [3.63, 3.8) is 0 Å². The average Bonchev–Trinajstić information content (AvgIpc) is 3.28. The zero-order valence-electron chi connectivity index (χ0n) is 24.3. The smallest absolute Gasteiger partial charge is 0.335 e. The first-order valence-electron chi connectivity index (χ1n) is 14.5. The van der Waals surface area contributed by atoms with E-state index in [0.717, 1.165) is 12.1 Å². The van der Waals surface area contributed by atoms with E-state index in [4.69, 9.17) is 0 Å². The fraction of sp³-hybridized carbons (Fsp3) is 0.281. The van der Waals surface area contributed by atoms with Crippen LogP contribution < -0.4 is 5.32 Å². The van der Waals surface area contributed by atoms with Gasteiger partial charge in [-0.3, -0.25) is 14.6 Å². The van der Waals surface area contributed by atoms with Gasteiger partial charge in [0.1, 0.15) is 35.1 Å². The van der Waals surface area contributed by atoms with Crippen LogP contribution in [0.15, 0.2) is 54.7 Å². The number of aromatic carboxylic acids is 1. The minimum atomic E-state index is -3.48. The lowest BCUT2D eigenvalue weighted by Crippen LogP contribution is -2.35. The molecule has 4 atom stereocenters. The summed E-state index contributed by atoms with van der Waals surface area (Å²) >= 11 is 0. The van der Waals surface area contributed by atoms with Crippen molar-refractivity contribution < 1.29 is 41.0 Å². The second kappa shape index (κ2) is 11.0. The molecule has 0 radical (unpaired) electrons. The van der Waals surface area contributed by atoms with Gasteiger partial charge >= 0.3 is 5.97 Å². The highest BCUT2D eigenvalue weighted by molar-refractivity contribution is 5.90. The Labute approximate surface area is 261 Å². The number of H-pyrrole nitrogens is 1. The molecule has 0 saturated heterocycles. The van der Waals surface area contributed by atoms with E-state index in [1.807, 2.05) is 0 Å². The number of hydrogen-bond donors (Lipinski definition) is 3. The van der Waals surface area contributed by atoms with Gasteiger partial charge in [0.25, 0.3) is 12.3 Å². The number of amides is 1. The number of carboxylic acids is 1. The summed E-state index contributed by atoms with van der Waals surface area (Å²) in [5.41, 5.74) is -0.0634. The van der Waals surface area contributed by atoms with Crippen molar-refractivity contribution in [1.29, 1.82) is 0 Å². The Balaban J connectivity index is 1.30. The summed E-state index contributed by atoms with van der Waals surface area (Å²) in [7, 11) is 0. The fourth-order valence-electron chi connectivity index (χ4n) is 6.84. The van der Waals surface area contributed by atoms with E-state index < -0.39 is 77.6 Å². The van der Waals surface area contributed by atoms with Crippen molar-refractivity contribution in [3.05, 3.63) is 100 Å². The molecule has 1 saturated carbocycles. The van der Waals surface area contributed by atoms with E-state index in [1.165, 1.54) is 24.4 Å². The lowest BCUT2D eigenvalue weighted by atomic mass is 9.94. The third-order valence-corrected chi connectivity index (χ3v) is 8.87. The molecule has 47 heavy (non-hydrogen) atoms. The summed E-state index contributed by atoms with van der Waals surface area (Å²) in [6.45, 7) is 0.698.